The molecule has 0 radical (unpaired) electrons. The summed E-state index contributed by atoms with van der Waals surface area (Å²) in [6.07, 6.45) is 0. The van der Waals surface area contributed by atoms with Crippen molar-refractivity contribution in [3.63, 3.8) is 0 Å². The minimum absolute atomic E-state index is 0.0517. The standard InChI is InChI=1S/C20H17FN2O/c1-13-6-2-3-7-15(13)20(24)16-11-10-14(12-17(16)21)23-19-9-5-4-8-18(19)22/h2-12,23H,22H2,1H3. The maximum atomic E-state index is 14.4. The molecule has 0 heterocycles. The number of carbonyl (C=O) groups is 1. The molecule has 3 nitrogen and oxygen atoms in total. The molecule has 0 aromatic heterocycles. The molecule has 3 rings (SSSR count). The summed E-state index contributed by atoms with van der Waals surface area (Å²) < 4.78 is 14.4. The topological polar surface area (TPSA) is 55.1 Å². The van der Waals surface area contributed by atoms with Gasteiger partial charge in [-0.15, -0.1) is 0 Å². The highest BCUT2D eigenvalue weighted by molar-refractivity contribution is 6.10. The maximum Gasteiger partial charge on any atom is 0.196 e. The molecule has 0 atom stereocenters. The quantitative estimate of drug-likeness (QED) is 0.541. The first kappa shape index (κ1) is 15.7. The molecule has 3 aromatic rings. The fraction of sp³-hybridized carbons (Fsp3) is 0.0500. The van der Waals surface area contributed by atoms with E-state index >= 15 is 0 Å². The molecule has 0 bridgehead atoms. The van der Waals surface area contributed by atoms with Crippen molar-refractivity contribution >= 4 is 22.8 Å². The summed E-state index contributed by atoms with van der Waals surface area (Å²) in [6, 6.07) is 18.8. The Bertz CT molecular complexity index is 906. The van der Waals surface area contributed by atoms with Crippen molar-refractivity contribution in [1.29, 1.82) is 0 Å². The minimum atomic E-state index is -0.567. The van der Waals surface area contributed by atoms with Gasteiger partial charge in [-0.1, -0.05) is 36.4 Å². The summed E-state index contributed by atoms with van der Waals surface area (Å²) in [5, 5.41) is 3.05. The van der Waals surface area contributed by atoms with Gasteiger partial charge >= 0.3 is 0 Å². The lowest BCUT2D eigenvalue weighted by atomic mass is 9.98. The van der Waals surface area contributed by atoms with Crippen molar-refractivity contribution in [2.24, 2.45) is 0 Å². The van der Waals surface area contributed by atoms with Crippen LogP contribution < -0.4 is 11.1 Å². The third kappa shape index (κ3) is 3.13. The van der Waals surface area contributed by atoms with Gasteiger partial charge in [0.25, 0.3) is 0 Å². The third-order valence-corrected chi connectivity index (χ3v) is 3.84. The van der Waals surface area contributed by atoms with E-state index in [1.54, 1.807) is 30.3 Å². The Morgan fingerprint density at radius 3 is 2.38 bits per heavy atom. The van der Waals surface area contributed by atoms with Crippen LogP contribution in [0.1, 0.15) is 21.5 Å². The number of nitrogens with two attached hydrogens (primary N) is 1. The molecular formula is C20H17FN2O. The number of hydrogen-bond donors (Lipinski definition) is 2. The summed E-state index contributed by atoms with van der Waals surface area (Å²) >= 11 is 0. The zero-order valence-electron chi connectivity index (χ0n) is 13.2. The Hall–Kier alpha value is -3.14. The molecule has 0 aliphatic heterocycles. The molecule has 3 N–H and O–H groups in total. The zero-order valence-corrected chi connectivity index (χ0v) is 13.2. The Morgan fingerprint density at radius 2 is 1.67 bits per heavy atom. The van der Waals surface area contributed by atoms with Gasteiger partial charge in [-0.05, 0) is 42.8 Å². The molecule has 0 unspecified atom stereocenters. The summed E-state index contributed by atoms with van der Waals surface area (Å²) in [5.74, 6) is -0.890. The molecule has 4 heteroatoms. The summed E-state index contributed by atoms with van der Waals surface area (Å²) in [6.45, 7) is 1.83. The maximum absolute atomic E-state index is 14.4. The van der Waals surface area contributed by atoms with Crippen LogP contribution in [0.2, 0.25) is 0 Å². The second kappa shape index (κ2) is 6.54. The summed E-state index contributed by atoms with van der Waals surface area (Å²) in [5.41, 5.74) is 9.03. The van der Waals surface area contributed by atoms with Gasteiger partial charge in [0.15, 0.2) is 5.78 Å². The summed E-state index contributed by atoms with van der Waals surface area (Å²) in [7, 11) is 0. The van der Waals surface area contributed by atoms with Crippen LogP contribution in [0.25, 0.3) is 0 Å². The normalized spacial score (nSPS) is 10.4. The molecule has 0 spiro atoms. The smallest absolute Gasteiger partial charge is 0.196 e. The van der Waals surface area contributed by atoms with Crippen molar-refractivity contribution in [3.05, 3.63) is 89.2 Å². The van der Waals surface area contributed by atoms with Gasteiger partial charge in [-0.2, -0.15) is 0 Å². The van der Waals surface area contributed by atoms with Crippen molar-refractivity contribution in [2.45, 2.75) is 6.92 Å². The fourth-order valence-corrected chi connectivity index (χ4v) is 2.52. The average molecular weight is 320 g/mol. The van der Waals surface area contributed by atoms with Gasteiger partial charge < -0.3 is 11.1 Å². The van der Waals surface area contributed by atoms with Gasteiger partial charge in [-0.3, -0.25) is 4.79 Å². The molecule has 3 aromatic carbocycles. The lowest BCUT2D eigenvalue weighted by molar-refractivity contribution is 0.103. The zero-order chi connectivity index (χ0) is 17.1. The number of rotatable bonds is 4. The molecule has 120 valence electrons. The Labute approximate surface area is 139 Å². The number of benzene rings is 3. The van der Waals surface area contributed by atoms with E-state index in [2.05, 4.69) is 5.32 Å². The van der Waals surface area contributed by atoms with Crippen LogP contribution >= 0.6 is 0 Å². The monoisotopic (exact) mass is 320 g/mol. The fourth-order valence-electron chi connectivity index (χ4n) is 2.52. The first-order valence-corrected chi connectivity index (χ1v) is 7.57. The Balaban J connectivity index is 1.89. The first-order chi connectivity index (χ1) is 11.6. The molecular weight excluding hydrogens is 303 g/mol. The minimum Gasteiger partial charge on any atom is -0.397 e. The predicted octanol–water partition coefficient (Wildman–Crippen LogP) is 4.69. The van der Waals surface area contributed by atoms with E-state index in [9.17, 15) is 9.18 Å². The van der Waals surface area contributed by atoms with Gasteiger partial charge in [0, 0.05) is 11.3 Å². The van der Waals surface area contributed by atoms with E-state index in [0.717, 1.165) is 5.56 Å². The van der Waals surface area contributed by atoms with Crippen molar-refractivity contribution < 1.29 is 9.18 Å². The second-order valence-electron chi connectivity index (χ2n) is 5.55. The lowest BCUT2D eigenvalue weighted by Gasteiger charge is -2.11. The van der Waals surface area contributed by atoms with Gasteiger partial charge in [0.2, 0.25) is 0 Å². The van der Waals surface area contributed by atoms with E-state index < -0.39 is 5.82 Å². The molecule has 24 heavy (non-hydrogen) atoms. The highest BCUT2D eigenvalue weighted by Gasteiger charge is 2.16. The molecule has 0 aliphatic rings. The van der Waals surface area contributed by atoms with Gasteiger partial charge in [0.1, 0.15) is 5.82 Å². The van der Waals surface area contributed by atoms with Crippen LogP contribution in [0.4, 0.5) is 21.5 Å². The molecule has 0 saturated heterocycles. The largest absolute Gasteiger partial charge is 0.397 e. The van der Waals surface area contributed by atoms with Crippen LogP contribution in [0, 0.1) is 12.7 Å². The third-order valence-electron chi connectivity index (χ3n) is 3.84. The van der Waals surface area contributed by atoms with Crippen molar-refractivity contribution in [1.82, 2.24) is 0 Å². The van der Waals surface area contributed by atoms with Gasteiger partial charge in [-0.25, -0.2) is 4.39 Å². The number of nitrogens with one attached hydrogen (secondary N) is 1. The molecule has 0 fully saturated rings. The number of para-hydroxylation sites is 2. The second-order valence-corrected chi connectivity index (χ2v) is 5.55. The predicted molar refractivity (Wildman–Crippen MR) is 95.1 cm³/mol. The molecule has 0 amide bonds. The number of anilines is 3. The Kier molecular flexibility index (Phi) is 4.29. The van der Waals surface area contributed by atoms with Crippen LogP contribution in [-0.4, -0.2) is 5.78 Å². The highest BCUT2D eigenvalue weighted by atomic mass is 19.1. The van der Waals surface area contributed by atoms with E-state index in [4.69, 9.17) is 5.73 Å². The number of carbonyl (C=O) groups excluding carboxylic acids is 1. The molecule has 0 saturated carbocycles. The Morgan fingerprint density at radius 1 is 0.958 bits per heavy atom. The van der Waals surface area contributed by atoms with Crippen LogP contribution in [0.5, 0.6) is 0 Å². The van der Waals surface area contributed by atoms with Crippen molar-refractivity contribution in [3.8, 4) is 0 Å². The van der Waals surface area contributed by atoms with Crippen molar-refractivity contribution in [2.75, 3.05) is 11.1 Å². The number of aryl methyl sites for hydroxylation is 1. The van der Waals surface area contributed by atoms with Gasteiger partial charge in [0.05, 0.1) is 16.9 Å². The van der Waals surface area contributed by atoms with Crippen LogP contribution in [-0.2, 0) is 0 Å². The van der Waals surface area contributed by atoms with Crippen LogP contribution in [0.3, 0.4) is 0 Å². The van der Waals surface area contributed by atoms with E-state index in [1.807, 2.05) is 31.2 Å². The summed E-state index contributed by atoms with van der Waals surface area (Å²) in [4.78, 5) is 12.5. The number of hydrogen-bond acceptors (Lipinski definition) is 3. The first-order valence-electron chi connectivity index (χ1n) is 7.57. The van der Waals surface area contributed by atoms with E-state index in [0.29, 0.717) is 22.6 Å². The molecule has 0 aliphatic carbocycles. The van der Waals surface area contributed by atoms with E-state index in [-0.39, 0.29) is 11.3 Å². The highest BCUT2D eigenvalue weighted by Crippen LogP contribution is 2.25. The van der Waals surface area contributed by atoms with E-state index in [1.165, 1.54) is 12.1 Å². The SMILES string of the molecule is Cc1ccccc1C(=O)c1ccc(Nc2ccccc2N)cc1F. The number of nitrogen functional groups attached to an aromatic ring is 1. The number of halogens is 1. The number of ketones is 1. The van der Waals surface area contributed by atoms with Crippen LogP contribution in [0.15, 0.2) is 66.7 Å². The lowest BCUT2D eigenvalue weighted by Crippen LogP contribution is -2.06. The average Bonchev–Trinajstić information content (AvgIpc) is 2.57.